The van der Waals surface area contributed by atoms with Crippen molar-refractivity contribution < 1.29 is 19.4 Å². The largest absolute Gasteiger partial charge is 0.444 e. The van der Waals surface area contributed by atoms with Gasteiger partial charge in [0.1, 0.15) is 11.6 Å². The summed E-state index contributed by atoms with van der Waals surface area (Å²) in [6.07, 6.45) is -1.15. The molecule has 2 atom stereocenters. The van der Waals surface area contributed by atoms with Gasteiger partial charge in [0.05, 0.1) is 34.3 Å². The van der Waals surface area contributed by atoms with Gasteiger partial charge in [-0.2, -0.15) is 0 Å². The van der Waals surface area contributed by atoms with E-state index in [1.807, 2.05) is 36.7 Å². The number of benzene rings is 1. The predicted octanol–water partition coefficient (Wildman–Crippen LogP) is 2.40. The second-order valence-corrected chi connectivity index (χ2v) is 10.4. The summed E-state index contributed by atoms with van der Waals surface area (Å²) in [4.78, 5) is 32.6. The maximum Gasteiger partial charge on any atom is 0.411 e. The SMILES string of the molecule is Cc1ncsc1-c1ccc(C2(NC(=O)[C@@H]3C[C@@H](O)CN3C(=O)OC(C)(C)C)CNC2)cc1. The highest BCUT2D eigenvalue weighted by Crippen LogP contribution is 2.32. The number of carbonyl (C=O) groups is 2. The average molecular weight is 459 g/mol. The third kappa shape index (κ3) is 4.51. The zero-order chi connectivity index (χ0) is 23.1. The van der Waals surface area contributed by atoms with Crippen molar-refractivity contribution in [3.05, 3.63) is 41.0 Å². The third-order valence-corrected chi connectivity index (χ3v) is 6.85. The van der Waals surface area contributed by atoms with Gasteiger partial charge >= 0.3 is 6.09 Å². The second-order valence-electron chi connectivity index (χ2n) is 9.56. The molecule has 3 N–H and O–H groups in total. The summed E-state index contributed by atoms with van der Waals surface area (Å²) in [6.45, 7) is 8.60. The molecule has 2 amide bonds. The Kier molecular flexibility index (Phi) is 6.00. The van der Waals surface area contributed by atoms with Gasteiger partial charge < -0.3 is 20.5 Å². The van der Waals surface area contributed by atoms with Gasteiger partial charge in [0.25, 0.3) is 0 Å². The van der Waals surface area contributed by atoms with Crippen LogP contribution in [0.25, 0.3) is 10.4 Å². The van der Waals surface area contributed by atoms with Crippen LogP contribution in [-0.4, -0.2) is 64.4 Å². The average Bonchev–Trinajstić information content (AvgIpc) is 3.29. The van der Waals surface area contributed by atoms with Gasteiger partial charge in [-0.25, -0.2) is 9.78 Å². The number of aromatic nitrogens is 1. The summed E-state index contributed by atoms with van der Waals surface area (Å²) in [5.74, 6) is -0.281. The Morgan fingerprint density at radius 2 is 1.97 bits per heavy atom. The molecule has 0 bridgehead atoms. The molecule has 2 aliphatic heterocycles. The molecular weight excluding hydrogens is 428 g/mol. The van der Waals surface area contributed by atoms with Crippen molar-refractivity contribution in [3.8, 4) is 10.4 Å². The molecule has 1 aromatic heterocycles. The first-order valence-corrected chi connectivity index (χ1v) is 11.7. The van der Waals surface area contributed by atoms with E-state index < -0.39 is 29.4 Å². The number of amides is 2. The molecule has 2 aromatic rings. The number of nitrogens with one attached hydrogen (secondary N) is 2. The summed E-state index contributed by atoms with van der Waals surface area (Å²) in [5, 5.41) is 16.5. The Morgan fingerprint density at radius 1 is 1.28 bits per heavy atom. The molecular formula is C23H30N4O4S. The van der Waals surface area contributed by atoms with E-state index in [0.717, 1.165) is 21.7 Å². The van der Waals surface area contributed by atoms with E-state index in [1.165, 1.54) is 4.90 Å². The minimum atomic E-state index is -0.767. The molecule has 0 radical (unpaired) electrons. The number of carbonyl (C=O) groups excluding carboxylic acids is 2. The highest BCUT2D eigenvalue weighted by Gasteiger charge is 2.46. The van der Waals surface area contributed by atoms with Gasteiger partial charge in [0.2, 0.25) is 5.91 Å². The van der Waals surface area contributed by atoms with E-state index in [0.29, 0.717) is 13.1 Å². The summed E-state index contributed by atoms with van der Waals surface area (Å²) < 4.78 is 5.44. The maximum atomic E-state index is 13.2. The van der Waals surface area contributed by atoms with Crippen LogP contribution in [0.15, 0.2) is 29.8 Å². The van der Waals surface area contributed by atoms with Crippen LogP contribution >= 0.6 is 11.3 Å². The number of hydrogen-bond acceptors (Lipinski definition) is 7. The van der Waals surface area contributed by atoms with Crippen molar-refractivity contribution in [2.45, 2.75) is 57.4 Å². The summed E-state index contributed by atoms with van der Waals surface area (Å²) in [6, 6.07) is 7.40. The first kappa shape index (κ1) is 22.7. The minimum Gasteiger partial charge on any atom is -0.444 e. The molecule has 2 aliphatic rings. The number of β-amino-alcohol motifs (C(OH)–C–C–N with tert-alkyl or cyclic N) is 1. The van der Waals surface area contributed by atoms with Crippen LogP contribution in [0.1, 0.15) is 38.4 Å². The molecule has 0 saturated carbocycles. The number of aliphatic hydroxyl groups excluding tert-OH is 1. The van der Waals surface area contributed by atoms with Crippen molar-refractivity contribution in [2.24, 2.45) is 0 Å². The first-order chi connectivity index (χ1) is 15.1. The van der Waals surface area contributed by atoms with Gasteiger partial charge in [-0.3, -0.25) is 9.69 Å². The fourth-order valence-corrected chi connectivity index (χ4v) is 4.97. The molecule has 32 heavy (non-hydrogen) atoms. The lowest BCUT2D eigenvalue weighted by atomic mass is 9.83. The van der Waals surface area contributed by atoms with Crippen molar-refractivity contribution >= 4 is 23.3 Å². The van der Waals surface area contributed by atoms with E-state index in [-0.39, 0.29) is 18.9 Å². The number of rotatable bonds is 4. The Hall–Kier alpha value is -2.49. The Balaban J connectivity index is 1.50. The van der Waals surface area contributed by atoms with Crippen LogP contribution in [-0.2, 0) is 15.1 Å². The Bertz CT molecular complexity index is 994. The monoisotopic (exact) mass is 458 g/mol. The summed E-state index contributed by atoms with van der Waals surface area (Å²) in [5.41, 5.74) is 3.70. The van der Waals surface area contributed by atoms with Crippen molar-refractivity contribution in [1.82, 2.24) is 20.5 Å². The zero-order valence-electron chi connectivity index (χ0n) is 18.8. The number of ether oxygens (including phenoxy) is 1. The highest BCUT2D eigenvalue weighted by molar-refractivity contribution is 7.13. The molecule has 8 nitrogen and oxygen atoms in total. The quantitative estimate of drug-likeness (QED) is 0.650. The topological polar surface area (TPSA) is 104 Å². The second kappa shape index (κ2) is 8.46. The zero-order valence-corrected chi connectivity index (χ0v) is 19.7. The molecule has 2 fully saturated rings. The molecule has 0 spiro atoms. The molecule has 4 rings (SSSR count). The van der Waals surface area contributed by atoms with Gasteiger partial charge in [-0.05, 0) is 38.8 Å². The first-order valence-electron chi connectivity index (χ1n) is 10.8. The summed E-state index contributed by atoms with van der Waals surface area (Å²) >= 11 is 1.60. The van der Waals surface area contributed by atoms with E-state index in [2.05, 4.69) is 15.6 Å². The van der Waals surface area contributed by atoms with Gasteiger partial charge in [0, 0.05) is 19.5 Å². The lowest BCUT2D eigenvalue weighted by Crippen LogP contribution is -2.68. The molecule has 9 heteroatoms. The van der Waals surface area contributed by atoms with Crippen LogP contribution in [0.4, 0.5) is 4.79 Å². The Morgan fingerprint density at radius 3 is 2.50 bits per heavy atom. The van der Waals surface area contributed by atoms with Crippen LogP contribution in [0, 0.1) is 6.92 Å². The number of thiazole rings is 1. The van der Waals surface area contributed by atoms with E-state index in [1.54, 1.807) is 32.1 Å². The van der Waals surface area contributed by atoms with Crippen LogP contribution in [0.5, 0.6) is 0 Å². The smallest absolute Gasteiger partial charge is 0.411 e. The number of nitrogens with zero attached hydrogens (tertiary/aromatic N) is 2. The molecule has 0 aliphatic carbocycles. The van der Waals surface area contributed by atoms with E-state index in [4.69, 9.17) is 4.74 Å². The number of aliphatic hydroxyl groups is 1. The molecule has 1 aromatic carbocycles. The van der Waals surface area contributed by atoms with E-state index >= 15 is 0 Å². The van der Waals surface area contributed by atoms with Gasteiger partial charge in [-0.1, -0.05) is 24.3 Å². The predicted molar refractivity (Wildman–Crippen MR) is 122 cm³/mol. The maximum absolute atomic E-state index is 13.2. The highest BCUT2D eigenvalue weighted by atomic mass is 32.1. The summed E-state index contributed by atoms with van der Waals surface area (Å²) in [7, 11) is 0. The molecule has 2 saturated heterocycles. The van der Waals surface area contributed by atoms with Crippen LogP contribution in [0.3, 0.4) is 0 Å². The van der Waals surface area contributed by atoms with Crippen molar-refractivity contribution in [3.63, 3.8) is 0 Å². The van der Waals surface area contributed by atoms with Crippen LogP contribution < -0.4 is 10.6 Å². The Labute approximate surface area is 192 Å². The number of aryl methyl sites for hydroxylation is 1. The van der Waals surface area contributed by atoms with E-state index in [9.17, 15) is 14.7 Å². The van der Waals surface area contributed by atoms with Crippen molar-refractivity contribution in [2.75, 3.05) is 19.6 Å². The number of likely N-dealkylation sites (tertiary alicyclic amines) is 1. The number of hydrogen-bond donors (Lipinski definition) is 3. The van der Waals surface area contributed by atoms with Crippen LogP contribution in [0.2, 0.25) is 0 Å². The lowest BCUT2D eigenvalue weighted by molar-refractivity contribution is -0.128. The lowest BCUT2D eigenvalue weighted by Gasteiger charge is -2.44. The minimum absolute atomic E-state index is 0.0845. The molecule has 172 valence electrons. The fraction of sp³-hybridized carbons (Fsp3) is 0.522. The molecule has 0 unspecified atom stereocenters. The fourth-order valence-electron chi connectivity index (χ4n) is 4.16. The molecule has 3 heterocycles. The van der Waals surface area contributed by atoms with Gasteiger partial charge in [-0.15, -0.1) is 11.3 Å². The normalized spacial score (nSPS) is 22.3. The van der Waals surface area contributed by atoms with Gasteiger partial charge in [0.15, 0.2) is 0 Å². The van der Waals surface area contributed by atoms with Crippen molar-refractivity contribution in [1.29, 1.82) is 0 Å². The standard InChI is InChI=1S/C23H30N4O4S/c1-14-19(32-13-25-14)15-5-7-16(8-6-15)23(11-24-12-23)26-20(29)18-9-17(28)10-27(18)21(30)31-22(2,3)4/h5-8,13,17-18,24,28H,9-12H2,1-4H3,(H,26,29)/t17-,18+/m1/s1. The third-order valence-electron chi connectivity index (χ3n) is 5.87.